The predicted octanol–water partition coefficient (Wildman–Crippen LogP) is 10.4. The molecule has 0 radical (unpaired) electrons. The van der Waals surface area contributed by atoms with Gasteiger partial charge in [-0.15, -0.1) is 11.8 Å². The topological polar surface area (TPSA) is 35.5 Å². The molecule has 3 rings (SSSR count). The molecule has 2 N–H and O–H groups in total. The number of para-hydroxylation sites is 2. The summed E-state index contributed by atoms with van der Waals surface area (Å²) in [6.45, 7) is 13.5. The Morgan fingerprint density at radius 3 is 1.95 bits per heavy atom. The Hall–Kier alpha value is -2.95. The molecule has 3 nitrogen and oxygen atoms in total. The van der Waals surface area contributed by atoms with E-state index in [1.807, 2.05) is 30.0 Å². The molecule has 3 aromatic rings. The quantitative estimate of drug-likeness (QED) is 0.125. The van der Waals surface area contributed by atoms with Crippen LogP contribution < -0.4 is 10.2 Å². The fraction of sp³-hybridized carbons (Fsp3) is 0.389. The zero-order valence-corrected chi connectivity index (χ0v) is 26.1. The van der Waals surface area contributed by atoms with E-state index >= 15 is 0 Å². The first-order valence-electron chi connectivity index (χ1n) is 14.4. The van der Waals surface area contributed by atoms with E-state index in [0.29, 0.717) is 0 Å². The molecule has 0 atom stereocenters. The van der Waals surface area contributed by atoms with Gasteiger partial charge in [0.1, 0.15) is 0 Å². The second-order valence-corrected chi connectivity index (χ2v) is 13.6. The van der Waals surface area contributed by atoms with Crippen molar-refractivity contribution >= 4 is 34.5 Å². The number of allylic oxidation sites excluding steroid dienone is 3. The summed E-state index contributed by atoms with van der Waals surface area (Å²) < 4.78 is 0. The minimum absolute atomic E-state index is 0.0350. The van der Waals surface area contributed by atoms with Gasteiger partial charge in [-0.2, -0.15) is 0 Å². The number of aliphatic hydroxyl groups is 1. The molecular weight excluding hydrogens is 508 g/mol. The lowest BCUT2D eigenvalue weighted by Gasteiger charge is -2.25. The Morgan fingerprint density at radius 2 is 1.38 bits per heavy atom. The average Bonchev–Trinajstić information content (AvgIpc) is 2.92. The smallest absolute Gasteiger partial charge is 0.0688 e. The lowest BCUT2D eigenvalue weighted by atomic mass is 9.84. The molecule has 0 saturated carbocycles. The third-order valence-electron chi connectivity index (χ3n) is 6.75. The van der Waals surface area contributed by atoms with Gasteiger partial charge in [-0.3, -0.25) is 0 Å². The molecule has 0 fully saturated rings. The third-order valence-corrected chi connectivity index (χ3v) is 7.77. The first-order valence-corrected chi connectivity index (χ1v) is 15.5. The standard InChI is InChI=1S/C36H48N2OS/c1-35(2,3)24-23-29(26-30(27-39)36(4,5)6)14-13-25-40-28-38(33-17-11-8-12-18-33)34-21-19-32(20-22-34)37-31-15-9-7-10-16-31/h7-12,15-23,26,37,39H,13-14,24-25,27-28H2,1-6H3/b29-23-,30-26+. The number of benzene rings is 3. The van der Waals surface area contributed by atoms with Gasteiger partial charge in [-0.25, -0.2) is 0 Å². The van der Waals surface area contributed by atoms with Crippen LogP contribution in [0.3, 0.4) is 0 Å². The van der Waals surface area contributed by atoms with E-state index in [1.54, 1.807) is 0 Å². The van der Waals surface area contributed by atoms with Crippen LogP contribution in [0.4, 0.5) is 22.7 Å². The summed E-state index contributed by atoms with van der Waals surface area (Å²) >= 11 is 1.97. The molecule has 0 unspecified atom stereocenters. The second kappa shape index (κ2) is 15.2. The molecule has 0 heterocycles. The Kier molecular flexibility index (Phi) is 12.0. The van der Waals surface area contributed by atoms with Gasteiger partial charge in [0, 0.05) is 22.7 Å². The molecule has 0 spiro atoms. The maximum absolute atomic E-state index is 10.0. The van der Waals surface area contributed by atoms with Crippen molar-refractivity contribution in [2.45, 2.75) is 60.8 Å². The van der Waals surface area contributed by atoms with E-state index in [4.69, 9.17) is 0 Å². The van der Waals surface area contributed by atoms with Crippen LogP contribution in [-0.2, 0) is 0 Å². The summed E-state index contributed by atoms with van der Waals surface area (Å²) in [4.78, 5) is 2.39. The summed E-state index contributed by atoms with van der Waals surface area (Å²) in [5.74, 6) is 1.96. The van der Waals surface area contributed by atoms with Gasteiger partial charge >= 0.3 is 0 Å². The van der Waals surface area contributed by atoms with E-state index in [0.717, 1.165) is 47.8 Å². The number of nitrogens with zero attached hydrogens (tertiary/aromatic N) is 1. The number of hydrogen-bond donors (Lipinski definition) is 2. The highest BCUT2D eigenvalue weighted by Crippen LogP contribution is 2.31. The monoisotopic (exact) mass is 556 g/mol. The van der Waals surface area contributed by atoms with Crippen LogP contribution in [0, 0.1) is 10.8 Å². The lowest BCUT2D eigenvalue weighted by molar-refractivity contribution is 0.295. The van der Waals surface area contributed by atoms with Crippen LogP contribution in [0.1, 0.15) is 60.8 Å². The zero-order chi connectivity index (χ0) is 29.0. The van der Waals surface area contributed by atoms with Crippen molar-refractivity contribution in [2.24, 2.45) is 10.8 Å². The van der Waals surface area contributed by atoms with Crippen LogP contribution >= 0.6 is 11.8 Å². The van der Waals surface area contributed by atoms with Crippen LogP contribution in [0.2, 0.25) is 0 Å². The molecule has 0 aliphatic rings. The molecule has 40 heavy (non-hydrogen) atoms. The largest absolute Gasteiger partial charge is 0.392 e. The number of thioether (sulfide) groups is 1. The fourth-order valence-electron chi connectivity index (χ4n) is 4.25. The van der Waals surface area contributed by atoms with E-state index in [2.05, 4.69) is 131 Å². The minimum atomic E-state index is -0.0350. The fourth-order valence-corrected chi connectivity index (χ4v) is 5.20. The molecule has 0 aliphatic heterocycles. The normalized spacial score (nSPS) is 12.9. The van der Waals surface area contributed by atoms with Gasteiger partial charge in [0.2, 0.25) is 0 Å². The maximum Gasteiger partial charge on any atom is 0.0688 e. The van der Waals surface area contributed by atoms with Crippen molar-refractivity contribution in [3.8, 4) is 0 Å². The average molecular weight is 557 g/mol. The van der Waals surface area contributed by atoms with Crippen molar-refractivity contribution in [2.75, 3.05) is 28.5 Å². The van der Waals surface area contributed by atoms with E-state index in [1.165, 1.54) is 16.9 Å². The Balaban J connectivity index is 1.65. The van der Waals surface area contributed by atoms with Crippen molar-refractivity contribution in [1.82, 2.24) is 0 Å². The minimum Gasteiger partial charge on any atom is -0.392 e. The van der Waals surface area contributed by atoms with Crippen LogP contribution in [0.5, 0.6) is 0 Å². The molecule has 4 heteroatoms. The van der Waals surface area contributed by atoms with Crippen LogP contribution in [-0.4, -0.2) is 23.3 Å². The lowest BCUT2D eigenvalue weighted by Crippen LogP contribution is -2.16. The number of aliphatic hydroxyl groups excluding tert-OH is 1. The number of nitrogens with one attached hydrogen (secondary N) is 1. The molecule has 0 aromatic heterocycles. The molecular formula is C36H48N2OS. The Bertz CT molecular complexity index is 1200. The molecule has 0 aliphatic carbocycles. The highest BCUT2D eigenvalue weighted by atomic mass is 32.2. The highest BCUT2D eigenvalue weighted by Gasteiger charge is 2.17. The Morgan fingerprint density at radius 1 is 0.800 bits per heavy atom. The van der Waals surface area contributed by atoms with Gasteiger partial charge in [0.05, 0.1) is 12.5 Å². The molecule has 0 bridgehead atoms. The summed E-state index contributed by atoms with van der Waals surface area (Å²) in [7, 11) is 0. The summed E-state index contributed by atoms with van der Waals surface area (Å²) in [6, 6.07) is 29.6. The van der Waals surface area contributed by atoms with Gasteiger partial charge in [-0.05, 0) is 89.9 Å². The van der Waals surface area contributed by atoms with E-state index in [9.17, 15) is 5.11 Å². The molecule has 0 saturated heterocycles. The third kappa shape index (κ3) is 10.9. The van der Waals surface area contributed by atoms with Crippen LogP contribution in [0.15, 0.2) is 108 Å². The summed E-state index contributed by atoms with van der Waals surface area (Å²) in [5.41, 5.74) is 7.20. The predicted molar refractivity (Wildman–Crippen MR) is 178 cm³/mol. The van der Waals surface area contributed by atoms with Crippen LogP contribution in [0.25, 0.3) is 0 Å². The number of anilines is 4. The first-order chi connectivity index (χ1) is 19.0. The summed E-state index contributed by atoms with van der Waals surface area (Å²) in [6.07, 6.45) is 7.78. The van der Waals surface area contributed by atoms with E-state index in [-0.39, 0.29) is 17.4 Å². The second-order valence-electron chi connectivity index (χ2n) is 12.6. The summed E-state index contributed by atoms with van der Waals surface area (Å²) in [5, 5.41) is 13.5. The molecule has 3 aromatic carbocycles. The van der Waals surface area contributed by atoms with Gasteiger partial charge in [-0.1, -0.05) is 95.7 Å². The molecule has 0 amide bonds. The van der Waals surface area contributed by atoms with Crippen molar-refractivity contribution < 1.29 is 5.11 Å². The maximum atomic E-state index is 10.0. The molecule has 214 valence electrons. The highest BCUT2D eigenvalue weighted by molar-refractivity contribution is 7.99. The van der Waals surface area contributed by atoms with Gasteiger partial charge in [0.25, 0.3) is 0 Å². The van der Waals surface area contributed by atoms with Crippen molar-refractivity contribution in [1.29, 1.82) is 0 Å². The van der Waals surface area contributed by atoms with Crippen molar-refractivity contribution in [3.63, 3.8) is 0 Å². The Labute approximate surface area is 247 Å². The first kappa shape index (κ1) is 31.6. The van der Waals surface area contributed by atoms with Gasteiger partial charge in [0.15, 0.2) is 0 Å². The SMILES string of the molecule is CC(C)(C)C/C=C(\C=C(/CO)C(C)(C)C)CCCSCN(c1ccccc1)c1ccc(Nc2ccccc2)cc1. The van der Waals surface area contributed by atoms with Gasteiger partial charge < -0.3 is 15.3 Å². The zero-order valence-electron chi connectivity index (χ0n) is 25.3. The van der Waals surface area contributed by atoms with E-state index < -0.39 is 0 Å². The number of hydrogen-bond acceptors (Lipinski definition) is 4. The number of rotatable bonds is 13. The van der Waals surface area contributed by atoms with Crippen molar-refractivity contribution in [3.05, 3.63) is 108 Å².